The quantitative estimate of drug-likeness (QED) is 0.0197. The molecule has 0 aromatic carbocycles. The molecular formula is C48H84NO8P. The Morgan fingerprint density at radius 2 is 1.02 bits per heavy atom. The smallest absolute Gasteiger partial charge is 0.306 e. The van der Waals surface area contributed by atoms with E-state index in [0.717, 1.165) is 57.8 Å². The number of allylic oxidation sites excluding steroid dienone is 12. The summed E-state index contributed by atoms with van der Waals surface area (Å²) < 4.78 is 33.8. The Labute approximate surface area is 355 Å². The second-order valence-electron chi connectivity index (χ2n) is 16.0. The first kappa shape index (κ1) is 55.5. The van der Waals surface area contributed by atoms with Crippen LogP contribution in [0.4, 0.5) is 0 Å². The third kappa shape index (κ3) is 43.0. The first-order chi connectivity index (χ1) is 28.0. The number of phosphoric ester groups is 1. The molecular weight excluding hydrogens is 750 g/mol. The SMILES string of the molecule is CC/C=C\C/C=C\C/C=C\C/C=C\CCC(=O)OC(COC(=O)CCCCCCCCCCC/C=C\C/C=C\CCCCCCC)COP(=O)([O-])OCC[N+](C)(C)C. The molecule has 0 spiro atoms. The van der Waals surface area contributed by atoms with E-state index in [1.54, 1.807) is 0 Å². The first-order valence-corrected chi connectivity index (χ1v) is 24.1. The van der Waals surface area contributed by atoms with Gasteiger partial charge in [0.1, 0.15) is 19.8 Å². The molecule has 58 heavy (non-hydrogen) atoms. The Hall–Kier alpha value is -2.55. The number of likely N-dealkylation sites (N-methyl/N-ethyl adjacent to an activating group) is 1. The molecule has 334 valence electrons. The van der Waals surface area contributed by atoms with E-state index >= 15 is 0 Å². The van der Waals surface area contributed by atoms with Gasteiger partial charge in [-0.3, -0.25) is 14.2 Å². The molecule has 0 aromatic rings. The third-order valence-corrected chi connectivity index (χ3v) is 10.2. The number of ether oxygens (including phenoxy) is 2. The van der Waals surface area contributed by atoms with Gasteiger partial charge in [0.2, 0.25) is 0 Å². The van der Waals surface area contributed by atoms with Crippen LogP contribution in [0.15, 0.2) is 72.9 Å². The van der Waals surface area contributed by atoms with Crippen LogP contribution in [0.25, 0.3) is 0 Å². The van der Waals surface area contributed by atoms with Gasteiger partial charge in [-0.2, -0.15) is 0 Å². The van der Waals surface area contributed by atoms with Crippen LogP contribution in [-0.4, -0.2) is 70.0 Å². The van der Waals surface area contributed by atoms with E-state index in [0.29, 0.717) is 23.9 Å². The van der Waals surface area contributed by atoms with Gasteiger partial charge in [0.25, 0.3) is 7.82 Å². The lowest BCUT2D eigenvalue weighted by Crippen LogP contribution is -2.37. The summed E-state index contributed by atoms with van der Waals surface area (Å²) >= 11 is 0. The molecule has 0 saturated heterocycles. The highest BCUT2D eigenvalue weighted by Crippen LogP contribution is 2.38. The lowest BCUT2D eigenvalue weighted by atomic mass is 10.1. The van der Waals surface area contributed by atoms with Gasteiger partial charge in [-0.1, -0.05) is 157 Å². The number of rotatable bonds is 40. The van der Waals surface area contributed by atoms with Crippen LogP contribution in [0.5, 0.6) is 0 Å². The van der Waals surface area contributed by atoms with Gasteiger partial charge in [-0.15, -0.1) is 0 Å². The highest BCUT2D eigenvalue weighted by Gasteiger charge is 2.21. The zero-order chi connectivity index (χ0) is 42.8. The molecule has 0 N–H and O–H groups in total. The Morgan fingerprint density at radius 1 is 0.552 bits per heavy atom. The molecule has 0 saturated carbocycles. The second kappa shape index (κ2) is 39.9. The molecule has 0 heterocycles. The normalized spacial score (nSPS) is 14.2. The van der Waals surface area contributed by atoms with E-state index in [1.807, 2.05) is 33.3 Å². The zero-order valence-electron chi connectivity index (χ0n) is 37.5. The van der Waals surface area contributed by atoms with Crippen molar-refractivity contribution in [2.75, 3.05) is 47.5 Å². The zero-order valence-corrected chi connectivity index (χ0v) is 38.4. The average Bonchev–Trinajstić information content (AvgIpc) is 3.17. The molecule has 0 aliphatic rings. The first-order valence-electron chi connectivity index (χ1n) is 22.6. The molecule has 2 atom stereocenters. The van der Waals surface area contributed by atoms with E-state index < -0.39 is 32.5 Å². The van der Waals surface area contributed by atoms with E-state index in [2.05, 4.69) is 74.6 Å². The Bertz CT molecular complexity index is 1220. The van der Waals surface area contributed by atoms with E-state index in [9.17, 15) is 19.0 Å². The summed E-state index contributed by atoms with van der Waals surface area (Å²) in [6, 6.07) is 0. The summed E-state index contributed by atoms with van der Waals surface area (Å²) in [5, 5.41) is 0. The number of nitrogens with zero attached hydrogens (tertiary/aromatic N) is 1. The summed E-state index contributed by atoms with van der Waals surface area (Å²) in [5.74, 6) is -0.939. The van der Waals surface area contributed by atoms with E-state index in [1.165, 1.54) is 70.6 Å². The van der Waals surface area contributed by atoms with Gasteiger partial charge < -0.3 is 27.9 Å². The van der Waals surface area contributed by atoms with Crippen molar-refractivity contribution in [3.05, 3.63) is 72.9 Å². The van der Waals surface area contributed by atoms with E-state index in [-0.39, 0.29) is 26.1 Å². The number of hydrogen-bond acceptors (Lipinski definition) is 8. The number of phosphoric acid groups is 1. The fraction of sp³-hybridized carbons (Fsp3) is 0.708. The van der Waals surface area contributed by atoms with Gasteiger partial charge in [-0.05, 0) is 70.6 Å². The molecule has 0 fully saturated rings. The lowest BCUT2D eigenvalue weighted by Gasteiger charge is -2.28. The monoisotopic (exact) mass is 834 g/mol. The van der Waals surface area contributed by atoms with Gasteiger partial charge in [0.15, 0.2) is 6.10 Å². The van der Waals surface area contributed by atoms with Crippen molar-refractivity contribution < 1.29 is 42.1 Å². The van der Waals surface area contributed by atoms with Gasteiger partial charge >= 0.3 is 11.9 Å². The number of carbonyl (C=O) groups is 2. The van der Waals surface area contributed by atoms with Crippen molar-refractivity contribution >= 4 is 19.8 Å². The highest BCUT2D eigenvalue weighted by atomic mass is 31.2. The van der Waals surface area contributed by atoms with Gasteiger partial charge in [-0.25, -0.2) is 0 Å². The van der Waals surface area contributed by atoms with Crippen molar-refractivity contribution in [2.24, 2.45) is 0 Å². The van der Waals surface area contributed by atoms with Crippen LogP contribution in [0.1, 0.15) is 168 Å². The second-order valence-corrected chi connectivity index (χ2v) is 17.4. The minimum Gasteiger partial charge on any atom is -0.756 e. The molecule has 9 nitrogen and oxygen atoms in total. The number of hydrogen-bond donors (Lipinski definition) is 0. The molecule has 0 amide bonds. The van der Waals surface area contributed by atoms with Crippen molar-refractivity contribution in [3.63, 3.8) is 0 Å². The maximum atomic E-state index is 12.6. The Morgan fingerprint density at radius 3 is 1.53 bits per heavy atom. The topological polar surface area (TPSA) is 111 Å². The van der Waals surface area contributed by atoms with E-state index in [4.69, 9.17) is 18.5 Å². The maximum Gasteiger partial charge on any atom is 0.306 e. The van der Waals surface area contributed by atoms with Gasteiger partial charge in [0, 0.05) is 12.8 Å². The van der Waals surface area contributed by atoms with Crippen LogP contribution in [0.3, 0.4) is 0 Å². The summed E-state index contributed by atoms with van der Waals surface area (Å²) in [6.45, 7) is 4.00. The van der Waals surface area contributed by atoms with Crippen molar-refractivity contribution in [2.45, 2.75) is 174 Å². The molecule has 0 rings (SSSR count). The van der Waals surface area contributed by atoms with Crippen LogP contribution in [0, 0.1) is 0 Å². The number of esters is 2. The van der Waals surface area contributed by atoms with Gasteiger partial charge in [0.05, 0.1) is 27.7 Å². The Kier molecular flexibility index (Phi) is 38.1. The fourth-order valence-corrected chi connectivity index (χ4v) is 6.43. The fourth-order valence-electron chi connectivity index (χ4n) is 5.70. The van der Waals surface area contributed by atoms with Crippen LogP contribution in [0.2, 0.25) is 0 Å². The number of carbonyl (C=O) groups excluding carboxylic acids is 2. The van der Waals surface area contributed by atoms with Crippen molar-refractivity contribution in [1.82, 2.24) is 0 Å². The third-order valence-electron chi connectivity index (χ3n) is 9.22. The van der Waals surface area contributed by atoms with Crippen molar-refractivity contribution in [1.29, 1.82) is 0 Å². The molecule has 0 aliphatic carbocycles. The van der Waals surface area contributed by atoms with Crippen LogP contribution < -0.4 is 4.89 Å². The van der Waals surface area contributed by atoms with Crippen LogP contribution in [-0.2, 0) is 32.7 Å². The maximum absolute atomic E-state index is 12.6. The minimum absolute atomic E-state index is 0.0474. The predicted molar refractivity (Wildman–Crippen MR) is 240 cm³/mol. The lowest BCUT2D eigenvalue weighted by molar-refractivity contribution is -0.870. The average molecular weight is 834 g/mol. The largest absolute Gasteiger partial charge is 0.756 e. The molecule has 2 unspecified atom stereocenters. The molecule has 0 radical (unpaired) electrons. The molecule has 0 aromatic heterocycles. The Balaban J connectivity index is 4.37. The summed E-state index contributed by atoms with van der Waals surface area (Å²) in [6.07, 6.45) is 49.5. The number of unbranched alkanes of at least 4 members (excludes halogenated alkanes) is 14. The summed E-state index contributed by atoms with van der Waals surface area (Å²) in [7, 11) is 1.11. The van der Waals surface area contributed by atoms with Crippen molar-refractivity contribution in [3.8, 4) is 0 Å². The molecule has 0 aliphatic heterocycles. The molecule has 10 heteroatoms. The number of quaternary nitrogens is 1. The predicted octanol–water partition coefficient (Wildman–Crippen LogP) is 12.4. The highest BCUT2D eigenvalue weighted by molar-refractivity contribution is 7.45. The summed E-state index contributed by atoms with van der Waals surface area (Å²) in [5.41, 5.74) is 0. The standard InChI is InChI=1S/C48H84NO8P/c1-6-8-10-12-14-16-18-20-21-22-23-24-25-26-27-29-30-32-34-36-38-40-47(50)54-44-46(45-56-58(52,53)55-43-42-49(3,4)5)57-48(51)41-39-37-35-33-31-28-19-17-15-13-11-9-7-2/h9,11,15,17-18,20,22-23,28,31,35,37,46H,6-8,10,12-14,16,19,21,24-27,29-30,32-34,36,38-45H2,1-5H3/b11-9-,17-15-,20-18-,23-22-,31-28-,37-35-. The minimum atomic E-state index is -4.65. The summed E-state index contributed by atoms with van der Waals surface area (Å²) in [4.78, 5) is 37.5. The molecule has 0 bridgehead atoms. The van der Waals surface area contributed by atoms with Crippen LogP contribution >= 0.6 is 7.82 Å².